The fourth-order valence-electron chi connectivity index (χ4n) is 3.03. The number of nitrogens with one attached hydrogen (secondary N) is 1. The summed E-state index contributed by atoms with van der Waals surface area (Å²) in [6.07, 6.45) is 8.87. The fourth-order valence-corrected chi connectivity index (χ4v) is 3.03. The number of allylic oxidation sites excluding steroid dienone is 1. The number of aliphatic imine (C=N–C) groups is 1. The monoisotopic (exact) mass is 242 g/mol. The highest BCUT2D eigenvalue weighted by Gasteiger charge is 2.40. The Morgan fingerprint density at radius 2 is 2.44 bits per heavy atom. The second-order valence-electron chi connectivity index (χ2n) is 4.87. The van der Waals surface area contributed by atoms with E-state index in [1.807, 2.05) is 13.1 Å². The van der Waals surface area contributed by atoms with E-state index < -0.39 is 0 Å². The van der Waals surface area contributed by atoms with Crippen LogP contribution in [-0.2, 0) is 4.79 Å². The largest absolute Gasteiger partial charge is 0.352 e. The molecule has 3 unspecified atom stereocenters. The van der Waals surface area contributed by atoms with Crippen LogP contribution in [0.1, 0.15) is 19.8 Å². The minimum atomic E-state index is -0.213. The molecule has 0 aromatic carbocycles. The molecule has 1 N–H and O–H groups in total. The summed E-state index contributed by atoms with van der Waals surface area (Å²) in [5, 5.41) is 12.2. The zero-order chi connectivity index (χ0) is 12.7. The topological polar surface area (TPSA) is 68.5 Å². The highest BCUT2D eigenvalue weighted by atomic mass is 16.1. The van der Waals surface area contributed by atoms with Gasteiger partial charge < -0.3 is 5.32 Å². The van der Waals surface area contributed by atoms with Gasteiger partial charge >= 0.3 is 0 Å². The molecule has 3 rings (SSSR count). The molecule has 3 atom stereocenters. The summed E-state index contributed by atoms with van der Waals surface area (Å²) in [6.45, 7) is 2.01. The summed E-state index contributed by atoms with van der Waals surface area (Å²) in [7, 11) is 0. The van der Waals surface area contributed by atoms with Crippen molar-refractivity contribution >= 4 is 12.1 Å². The summed E-state index contributed by atoms with van der Waals surface area (Å²) < 4.78 is 0. The van der Waals surface area contributed by atoms with Gasteiger partial charge in [-0.2, -0.15) is 5.26 Å². The Kier molecular flexibility index (Phi) is 2.44. The standard InChI is InChI=1S/C13H14N4O/c1-8-12-9(5-11(18)16-8)6-17(7-14)13-10(12)3-2-4-15-13/h3-4,6,8,12-13H,2,5H2,1H3,(H,16,18). The molecule has 18 heavy (non-hydrogen) atoms. The number of nitrogens with zero attached hydrogens (tertiary/aromatic N) is 3. The van der Waals surface area contributed by atoms with E-state index in [0.717, 1.165) is 17.6 Å². The first-order chi connectivity index (χ1) is 8.70. The van der Waals surface area contributed by atoms with Crippen molar-refractivity contribution in [1.29, 1.82) is 5.26 Å². The van der Waals surface area contributed by atoms with E-state index in [1.54, 1.807) is 11.1 Å². The Morgan fingerprint density at radius 3 is 3.22 bits per heavy atom. The maximum Gasteiger partial charge on any atom is 0.224 e. The predicted molar refractivity (Wildman–Crippen MR) is 66.2 cm³/mol. The summed E-state index contributed by atoms with van der Waals surface area (Å²) in [4.78, 5) is 17.5. The van der Waals surface area contributed by atoms with Crippen molar-refractivity contribution in [2.75, 3.05) is 0 Å². The molecule has 1 amide bonds. The Bertz CT molecular complexity index is 526. The van der Waals surface area contributed by atoms with Crippen LogP contribution in [0.25, 0.3) is 0 Å². The molecule has 1 saturated heterocycles. The van der Waals surface area contributed by atoms with E-state index in [-0.39, 0.29) is 24.0 Å². The predicted octanol–water partition coefficient (Wildman–Crippen LogP) is 0.919. The lowest BCUT2D eigenvalue weighted by atomic mass is 9.77. The van der Waals surface area contributed by atoms with Gasteiger partial charge in [0.05, 0.1) is 0 Å². The van der Waals surface area contributed by atoms with Crippen LogP contribution in [0, 0.1) is 17.4 Å². The van der Waals surface area contributed by atoms with Gasteiger partial charge in [-0.1, -0.05) is 6.08 Å². The molecule has 0 spiro atoms. The van der Waals surface area contributed by atoms with Crippen molar-refractivity contribution < 1.29 is 4.79 Å². The lowest BCUT2D eigenvalue weighted by molar-refractivity contribution is -0.122. The van der Waals surface area contributed by atoms with Gasteiger partial charge in [-0.05, 0) is 18.1 Å². The fraction of sp³-hybridized carbons (Fsp3) is 0.462. The number of carbonyl (C=O) groups excluding carboxylic acids is 1. The summed E-state index contributed by atoms with van der Waals surface area (Å²) in [6, 6.07) is 0.0698. The number of dihydropyridines is 1. The van der Waals surface area contributed by atoms with Gasteiger partial charge in [0.15, 0.2) is 12.4 Å². The molecule has 3 aliphatic rings. The minimum absolute atomic E-state index is 0.0289. The molecule has 0 aromatic heterocycles. The smallest absolute Gasteiger partial charge is 0.224 e. The Labute approximate surface area is 105 Å². The number of hydrogen-bond acceptors (Lipinski definition) is 4. The lowest BCUT2D eigenvalue weighted by Gasteiger charge is -2.42. The zero-order valence-electron chi connectivity index (χ0n) is 10.1. The summed E-state index contributed by atoms with van der Waals surface area (Å²) >= 11 is 0. The Hall–Kier alpha value is -2.09. The van der Waals surface area contributed by atoms with Crippen LogP contribution >= 0.6 is 0 Å². The van der Waals surface area contributed by atoms with Gasteiger partial charge in [0, 0.05) is 37.2 Å². The Morgan fingerprint density at radius 1 is 1.61 bits per heavy atom. The second kappa shape index (κ2) is 3.98. The number of rotatable bonds is 0. The molecular weight excluding hydrogens is 228 g/mol. The van der Waals surface area contributed by atoms with Crippen LogP contribution in [0.3, 0.4) is 0 Å². The molecule has 5 heteroatoms. The number of amides is 1. The molecule has 92 valence electrons. The van der Waals surface area contributed by atoms with Crippen molar-refractivity contribution in [3.8, 4) is 6.19 Å². The van der Waals surface area contributed by atoms with E-state index in [0.29, 0.717) is 6.42 Å². The van der Waals surface area contributed by atoms with Crippen molar-refractivity contribution in [3.05, 3.63) is 23.4 Å². The van der Waals surface area contributed by atoms with Crippen molar-refractivity contribution in [3.63, 3.8) is 0 Å². The molecule has 1 fully saturated rings. The first-order valence-corrected chi connectivity index (χ1v) is 6.10. The molecule has 0 bridgehead atoms. The average molecular weight is 242 g/mol. The Balaban J connectivity index is 2.07. The third-order valence-corrected chi connectivity index (χ3v) is 3.70. The third kappa shape index (κ3) is 1.53. The molecular formula is C13H14N4O. The van der Waals surface area contributed by atoms with Gasteiger partial charge in [0.1, 0.15) is 0 Å². The molecule has 0 radical (unpaired) electrons. The van der Waals surface area contributed by atoms with Crippen molar-refractivity contribution in [2.24, 2.45) is 10.9 Å². The highest BCUT2D eigenvalue weighted by molar-refractivity contribution is 5.81. The first-order valence-electron chi connectivity index (χ1n) is 6.10. The van der Waals surface area contributed by atoms with Crippen LogP contribution in [-0.4, -0.2) is 29.2 Å². The van der Waals surface area contributed by atoms with Gasteiger partial charge in [0.2, 0.25) is 5.91 Å². The first kappa shape index (κ1) is 11.0. The number of piperidine rings is 1. The molecule has 5 nitrogen and oxygen atoms in total. The molecule has 0 saturated carbocycles. The number of hydrogen-bond donors (Lipinski definition) is 1. The number of fused-ring (bicyclic) bond motifs is 3. The second-order valence-corrected chi connectivity index (χ2v) is 4.87. The van der Waals surface area contributed by atoms with Crippen LogP contribution in [0.5, 0.6) is 0 Å². The normalized spacial score (nSPS) is 33.7. The van der Waals surface area contributed by atoms with E-state index in [4.69, 9.17) is 0 Å². The number of carbonyl (C=O) groups is 1. The minimum Gasteiger partial charge on any atom is -0.352 e. The highest BCUT2D eigenvalue weighted by Crippen LogP contribution is 2.39. The van der Waals surface area contributed by atoms with Crippen LogP contribution in [0.4, 0.5) is 0 Å². The maximum absolute atomic E-state index is 11.6. The van der Waals surface area contributed by atoms with E-state index in [2.05, 4.69) is 22.6 Å². The molecule has 3 aliphatic heterocycles. The van der Waals surface area contributed by atoms with Gasteiger partial charge in [0.25, 0.3) is 0 Å². The lowest BCUT2D eigenvalue weighted by Crippen LogP contribution is -2.50. The van der Waals surface area contributed by atoms with Crippen molar-refractivity contribution in [1.82, 2.24) is 10.2 Å². The van der Waals surface area contributed by atoms with E-state index >= 15 is 0 Å². The van der Waals surface area contributed by atoms with Crippen LogP contribution in [0.15, 0.2) is 28.4 Å². The van der Waals surface area contributed by atoms with Gasteiger partial charge in [-0.3, -0.25) is 14.7 Å². The third-order valence-electron chi connectivity index (χ3n) is 3.70. The molecule has 0 aliphatic carbocycles. The van der Waals surface area contributed by atoms with E-state index in [9.17, 15) is 10.1 Å². The quantitative estimate of drug-likeness (QED) is 0.507. The summed E-state index contributed by atoms with van der Waals surface area (Å²) in [5.74, 6) is 0.219. The van der Waals surface area contributed by atoms with Crippen molar-refractivity contribution in [2.45, 2.75) is 32.0 Å². The SMILES string of the molecule is CC1NC(=O)CC2=CN(C#N)C3N=CCC=C3C21. The molecule has 0 aromatic rings. The van der Waals surface area contributed by atoms with Crippen LogP contribution < -0.4 is 5.32 Å². The number of nitriles is 1. The average Bonchev–Trinajstić information content (AvgIpc) is 2.36. The van der Waals surface area contributed by atoms with E-state index in [1.165, 1.54) is 0 Å². The molecule has 3 heterocycles. The van der Waals surface area contributed by atoms with Crippen LogP contribution in [0.2, 0.25) is 0 Å². The zero-order valence-corrected chi connectivity index (χ0v) is 10.1. The summed E-state index contributed by atoms with van der Waals surface area (Å²) in [5.41, 5.74) is 2.16. The van der Waals surface area contributed by atoms with Gasteiger partial charge in [-0.15, -0.1) is 0 Å². The van der Waals surface area contributed by atoms with Gasteiger partial charge in [-0.25, -0.2) is 0 Å². The maximum atomic E-state index is 11.6.